The number of hydroxylamine groups is 2. The SMILES string of the molecule is COC(=O)[C@H]1[C@H]([C@@H](C)O)ON2CCC[C@H]12. The van der Waals surface area contributed by atoms with Crippen LogP contribution in [0.5, 0.6) is 0 Å². The molecule has 0 bridgehead atoms. The smallest absolute Gasteiger partial charge is 0.313 e. The van der Waals surface area contributed by atoms with E-state index in [9.17, 15) is 9.90 Å². The highest BCUT2D eigenvalue weighted by molar-refractivity contribution is 5.74. The normalized spacial score (nSPS) is 37.7. The number of methoxy groups -OCH3 is 1. The summed E-state index contributed by atoms with van der Waals surface area (Å²) in [5.41, 5.74) is 0. The van der Waals surface area contributed by atoms with Crippen LogP contribution in [-0.4, -0.2) is 48.0 Å². The molecule has 86 valence electrons. The fourth-order valence-corrected chi connectivity index (χ4v) is 2.51. The Labute approximate surface area is 88.9 Å². The van der Waals surface area contributed by atoms with Gasteiger partial charge in [0.25, 0.3) is 0 Å². The van der Waals surface area contributed by atoms with E-state index in [4.69, 9.17) is 9.57 Å². The van der Waals surface area contributed by atoms with Crippen LogP contribution < -0.4 is 0 Å². The van der Waals surface area contributed by atoms with Gasteiger partial charge in [-0.3, -0.25) is 9.63 Å². The molecule has 2 aliphatic rings. The average molecular weight is 215 g/mol. The molecule has 0 amide bonds. The number of carbonyl (C=O) groups excluding carboxylic acids is 1. The van der Waals surface area contributed by atoms with Crippen molar-refractivity contribution in [2.45, 2.75) is 38.0 Å². The topological polar surface area (TPSA) is 59.0 Å². The van der Waals surface area contributed by atoms with E-state index in [2.05, 4.69) is 0 Å². The lowest BCUT2D eigenvalue weighted by Gasteiger charge is -2.19. The third kappa shape index (κ3) is 1.75. The molecule has 0 radical (unpaired) electrons. The number of fused-ring (bicyclic) bond motifs is 1. The summed E-state index contributed by atoms with van der Waals surface area (Å²) in [6.45, 7) is 2.48. The lowest BCUT2D eigenvalue weighted by atomic mass is 9.91. The maximum Gasteiger partial charge on any atom is 0.313 e. The Morgan fingerprint density at radius 3 is 3.00 bits per heavy atom. The highest BCUT2D eigenvalue weighted by Gasteiger charge is 2.51. The fraction of sp³-hybridized carbons (Fsp3) is 0.900. The highest BCUT2D eigenvalue weighted by Crippen LogP contribution is 2.37. The minimum absolute atomic E-state index is 0.0806. The fourth-order valence-electron chi connectivity index (χ4n) is 2.51. The van der Waals surface area contributed by atoms with Crippen molar-refractivity contribution in [2.24, 2.45) is 5.92 Å². The van der Waals surface area contributed by atoms with Gasteiger partial charge < -0.3 is 9.84 Å². The summed E-state index contributed by atoms with van der Waals surface area (Å²) in [4.78, 5) is 17.2. The summed E-state index contributed by atoms with van der Waals surface area (Å²) in [7, 11) is 1.37. The number of hydrogen-bond acceptors (Lipinski definition) is 5. The van der Waals surface area contributed by atoms with E-state index in [-0.39, 0.29) is 17.9 Å². The van der Waals surface area contributed by atoms with Crippen LogP contribution in [0.4, 0.5) is 0 Å². The zero-order valence-electron chi connectivity index (χ0n) is 9.05. The van der Waals surface area contributed by atoms with Crippen LogP contribution >= 0.6 is 0 Å². The minimum Gasteiger partial charge on any atom is -0.469 e. The second-order valence-electron chi connectivity index (χ2n) is 4.21. The van der Waals surface area contributed by atoms with Gasteiger partial charge in [0.15, 0.2) is 0 Å². The maximum absolute atomic E-state index is 11.6. The van der Waals surface area contributed by atoms with Gasteiger partial charge in [-0.15, -0.1) is 0 Å². The largest absolute Gasteiger partial charge is 0.469 e. The zero-order chi connectivity index (χ0) is 11.0. The van der Waals surface area contributed by atoms with Crippen molar-refractivity contribution in [3.63, 3.8) is 0 Å². The molecule has 2 rings (SSSR count). The van der Waals surface area contributed by atoms with Crippen molar-refractivity contribution in [3.8, 4) is 0 Å². The lowest BCUT2D eigenvalue weighted by Crippen LogP contribution is -2.38. The molecule has 2 heterocycles. The van der Waals surface area contributed by atoms with Gasteiger partial charge in [0.1, 0.15) is 12.0 Å². The maximum atomic E-state index is 11.6. The lowest BCUT2D eigenvalue weighted by molar-refractivity contribution is -0.175. The molecule has 0 spiro atoms. The first kappa shape index (κ1) is 10.9. The van der Waals surface area contributed by atoms with E-state index in [1.165, 1.54) is 7.11 Å². The molecule has 4 atom stereocenters. The predicted octanol–water partition coefficient (Wildman–Crippen LogP) is -0.0654. The summed E-state index contributed by atoms with van der Waals surface area (Å²) in [6.07, 6.45) is 0.857. The van der Waals surface area contributed by atoms with Gasteiger partial charge in [-0.05, 0) is 19.8 Å². The number of aliphatic hydroxyl groups is 1. The number of hydrogen-bond donors (Lipinski definition) is 1. The predicted molar refractivity (Wildman–Crippen MR) is 51.8 cm³/mol. The standard InChI is InChI=1S/C10H17NO4/c1-6(12)9-8(10(13)14-2)7-4-3-5-11(7)15-9/h6-9,12H,3-5H2,1-2H3/t6-,7-,8-,9+/m1/s1. The first-order valence-electron chi connectivity index (χ1n) is 5.34. The third-order valence-corrected chi connectivity index (χ3v) is 3.22. The highest BCUT2D eigenvalue weighted by atomic mass is 16.7. The molecule has 0 aliphatic carbocycles. The van der Waals surface area contributed by atoms with Crippen molar-refractivity contribution in [2.75, 3.05) is 13.7 Å². The van der Waals surface area contributed by atoms with E-state index in [1.54, 1.807) is 6.92 Å². The van der Waals surface area contributed by atoms with Crippen LogP contribution in [0.15, 0.2) is 0 Å². The Kier molecular flexibility index (Phi) is 2.95. The molecular formula is C10H17NO4. The van der Waals surface area contributed by atoms with Crippen molar-refractivity contribution in [1.29, 1.82) is 0 Å². The van der Waals surface area contributed by atoms with Crippen LogP contribution in [0.1, 0.15) is 19.8 Å². The van der Waals surface area contributed by atoms with Crippen LogP contribution in [0, 0.1) is 5.92 Å². The van der Waals surface area contributed by atoms with Crippen molar-refractivity contribution in [3.05, 3.63) is 0 Å². The Morgan fingerprint density at radius 1 is 1.67 bits per heavy atom. The summed E-state index contributed by atoms with van der Waals surface area (Å²) < 4.78 is 4.77. The molecule has 2 aliphatic heterocycles. The van der Waals surface area contributed by atoms with Gasteiger partial charge in [0.05, 0.1) is 19.3 Å². The van der Waals surface area contributed by atoms with Crippen LogP contribution in [-0.2, 0) is 14.4 Å². The summed E-state index contributed by atoms with van der Waals surface area (Å²) in [5, 5.41) is 11.4. The Balaban J connectivity index is 2.17. The first-order valence-corrected chi connectivity index (χ1v) is 5.34. The average Bonchev–Trinajstić information content (AvgIpc) is 2.74. The molecule has 0 saturated carbocycles. The van der Waals surface area contributed by atoms with Gasteiger partial charge in [-0.25, -0.2) is 0 Å². The first-order chi connectivity index (χ1) is 7.15. The number of ether oxygens (including phenoxy) is 1. The van der Waals surface area contributed by atoms with Crippen LogP contribution in [0.2, 0.25) is 0 Å². The van der Waals surface area contributed by atoms with Gasteiger partial charge in [-0.2, -0.15) is 5.06 Å². The van der Waals surface area contributed by atoms with Gasteiger partial charge in [-0.1, -0.05) is 0 Å². The molecule has 0 unspecified atom stereocenters. The minimum atomic E-state index is -0.653. The third-order valence-electron chi connectivity index (χ3n) is 3.22. The molecule has 0 aromatic carbocycles. The van der Waals surface area contributed by atoms with Crippen molar-refractivity contribution >= 4 is 5.97 Å². The van der Waals surface area contributed by atoms with E-state index in [1.807, 2.05) is 5.06 Å². The van der Waals surface area contributed by atoms with E-state index in [0.717, 1.165) is 19.4 Å². The molecular weight excluding hydrogens is 198 g/mol. The van der Waals surface area contributed by atoms with Gasteiger partial charge in [0.2, 0.25) is 0 Å². The molecule has 5 nitrogen and oxygen atoms in total. The molecule has 2 saturated heterocycles. The van der Waals surface area contributed by atoms with Gasteiger partial charge >= 0.3 is 5.97 Å². The number of carbonyl (C=O) groups is 1. The Hall–Kier alpha value is -0.650. The summed E-state index contributed by atoms with van der Waals surface area (Å²) in [5.74, 6) is -0.632. The van der Waals surface area contributed by atoms with E-state index >= 15 is 0 Å². The van der Waals surface area contributed by atoms with Crippen molar-refractivity contribution < 1.29 is 19.5 Å². The monoisotopic (exact) mass is 215 g/mol. The van der Waals surface area contributed by atoms with Crippen LogP contribution in [0.25, 0.3) is 0 Å². The molecule has 5 heteroatoms. The number of rotatable bonds is 2. The number of nitrogens with zero attached hydrogens (tertiary/aromatic N) is 1. The molecule has 0 aromatic rings. The van der Waals surface area contributed by atoms with Crippen LogP contribution in [0.3, 0.4) is 0 Å². The molecule has 0 aromatic heterocycles. The Morgan fingerprint density at radius 2 is 2.40 bits per heavy atom. The van der Waals surface area contributed by atoms with Gasteiger partial charge in [0, 0.05) is 6.54 Å². The molecule has 1 N–H and O–H groups in total. The Bertz CT molecular complexity index is 256. The molecule has 2 fully saturated rings. The second kappa shape index (κ2) is 4.08. The number of aliphatic hydroxyl groups excluding tert-OH is 1. The molecule has 15 heavy (non-hydrogen) atoms. The van der Waals surface area contributed by atoms with Crippen molar-refractivity contribution in [1.82, 2.24) is 5.06 Å². The zero-order valence-corrected chi connectivity index (χ0v) is 9.05. The second-order valence-corrected chi connectivity index (χ2v) is 4.21. The quantitative estimate of drug-likeness (QED) is 0.654. The summed E-state index contributed by atoms with van der Waals surface area (Å²) in [6, 6.07) is 0.0806. The van der Waals surface area contributed by atoms with E-state index < -0.39 is 12.2 Å². The van der Waals surface area contributed by atoms with E-state index in [0.29, 0.717) is 0 Å². The summed E-state index contributed by atoms with van der Waals surface area (Å²) >= 11 is 0. The number of esters is 1.